The summed E-state index contributed by atoms with van der Waals surface area (Å²) in [7, 11) is -7.86. The van der Waals surface area contributed by atoms with Gasteiger partial charge in [0.1, 0.15) is 5.75 Å². The number of morpholine rings is 2. The van der Waals surface area contributed by atoms with E-state index in [9.17, 15) is 21.9 Å². The molecule has 0 bridgehead atoms. The van der Waals surface area contributed by atoms with Crippen LogP contribution in [0.25, 0.3) is 0 Å². The Kier molecular flexibility index (Phi) is 11.2. The molecule has 13 heteroatoms. The molecular formula is C14H30N2O9S2. The van der Waals surface area contributed by atoms with Gasteiger partial charge in [0.25, 0.3) is 20.2 Å². The number of β-amino-alcohol motifs (C(OH)–C–C–N with tert-alkyl or cyclic N) is 1. The van der Waals surface area contributed by atoms with E-state index in [1.807, 2.05) is 4.90 Å². The summed E-state index contributed by atoms with van der Waals surface area (Å²) >= 11 is 0. The second kappa shape index (κ2) is 12.2. The van der Waals surface area contributed by atoms with Gasteiger partial charge in [-0.05, 0) is 13.0 Å². The number of nitrogens with zero attached hydrogens (tertiary/aromatic N) is 2. The average molecular weight is 435 g/mol. The maximum Gasteiger partial charge on any atom is 0.267 e. The first-order valence-corrected chi connectivity index (χ1v) is 12.0. The lowest BCUT2D eigenvalue weighted by molar-refractivity contribution is 0.0184. The highest BCUT2D eigenvalue weighted by atomic mass is 32.2. The lowest BCUT2D eigenvalue weighted by atomic mass is 10.3. The van der Waals surface area contributed by atoms with Gasteiger partial charge >= 0.3 is 0 Å². The van der Waals surface area contributed by atoms with Crippen molar-refractivity contribution in [1.82, 2.24) is 9.80 Å². The van der Waals surface area contributed by atoms with Crippen LogP contribution in [-0.4, -0.2) is 124 Å². The zero-order chi connectivity index (χ0) is 20.3. The number of rotatable bonds is 8. The largest absolute Gasteiger partial charge is 0.391 e. The third-order valence-corrected chi connectivity index (χ3v) is 5.57. The maximum absolute atomic E-state index is 10.4. The van der Waals surface area contributed by atoms with Gasteiger partial charge in [0, 0.05) is 32.7 Å². The number of aliphatic hydroxyl groups is 1. The van der Waals surface area contributed by atoms with Crippen molar-refractivity contribution >= 4 is 20.2 Å². The predicted octanol–water partition coefficient (Wildman–Crippen LogP) is -1.84. The van der Waals surface area contributed by atoms with Gasteiger partial charge in [-0.25, -0.2) is 0 Å². The molecule has 0 aromatic carbocycles. The van der Waals surface area contributed by atoms with Gasteiger partial charge < -0.3 is 14.6 Å². The molecule has 0 saturated carbocycles. The molecule has 11 nitrogen and oxygen atoms in total. The van der Waals surface area contributed by atoms with Crippen LogP contribution in [0.4, 0.5) is 0 Å². The minimum absolute atomic E-state index is 0.148. The van der Waals surface area contributed by atoms with E-state index in [0.717, 1.165) is 13.1 Å². The van der Waals surface area contributed by atoms with Crippen molar-refractivity contribution in [3.8, 4) is 0 Å². The number of hydrogen-bond donors (Lipinski definition) is 3. The van der Waals surface area contributed by atoms with Crippen molar-refractivity contribution in [2.75, 3.05) is 77.2 Å². The van der Waals surface area contributed by atoms with E-state index in [1.54, 1.807) is 0 Å². The molecule has 0 aromatic rings. The third kappa shape index (κ3) is 14.3. The van der Waals surface area contributed by atoms with E-state index in [4.69, 9.17) is 18.6 Å². The Morgan fingerprint density at radius 2 is 1.30 bits per heavy atom. The normalized spacial score (nSPS) is 21.3. The number of hydrogen-bond acceptors (Lipinski definition) is 9. The minimum Gasteiger partial charge on any atom is -0.391 e. The second-order valence-electron chi connectivity index (χ2n) is 6.41. The Hall–Kier alpha value is -0.380. The first-order valence-electron chi connectivity index (χ1n) is 8.74. The first kappa shape index (κ1) is 24.7. The van der Waals surface area contributed by atoms with Crippen LogP contribution in [0.15, 0.2) is 0 Å². The number of ether oxygens (including phenoxy) is 2. The van der Waals surface area contributed by atoms with Crippen molar-refractivity contribution in [1.29, 1.82) is 0 Å². The van der Waals surface area contributed by atoms with Gasteiger partial charge in [-0.1, -0.05) is 0 Å². The molecule has 0 spiro atoms. The molecule has 2 rings (SSSR count). The van der Waals surface area contributed by atoms with E-state index in [-0.39, 0.29) is 12.3 Å². The zero-order valence-electron chi connectivity index (χ0n) is 15.3. The van der Waals surface area contributed by atoms with Crippen LogP contribution < -0.4 is 0 Å². The Morgan fingerprint density at radius 3 is 1.74 bits per heavy atom. The molecule has 0 amide bonds. The molecule has 1 atom stereocenters. The summed E-state index contributed by atoms with van der Waals surface area (Å²) in [6.07, 6.45) is -0.554. The molecule has 3 N–H and O–H groups in total. The highest BCUT2D eigenvalue weighted by molar-refractivity contribution is 7.86. The van der Waals surface area contributed by atoms with E-state index < -0.39 is 32.1 Å². The molecule has 162 valence electrons. The fourth-order valence-corrected chi connectivity index (χ4v) is 3.76. The minimum atomic E-state index is -4.08. The third-order valence-electron chi connectivity index (χ3n) is 3.96. The van der Waals surface area contributed by atoms with Crippen molar-refractivity contribution in [3.05, 3.63) is 0 Å². The predicted molar refractivity (Wildman–Crippen MR) is 98.0 cm³/mol. The number of aliphatic hydroxyl groups excluding tert-OH is 1. The maximum atomic E-state index is 10.4. The summed E-state index contributed by atoms with van der Waals surface area (Å²) in [5.74, 6) is -0.755. The molecule has 2 heterocycles. The van der Waals surface area contributed by atoms with Gasteiger partial charge in [0.15, 0.2) is 0 Å². The van der Waals surface area contributed by atoms with Crippen molar-refractivity contribution < 1.29 is 40.5 Å². The van der Waals surface area contributed by atoms with Crippen LogP contribution in [-0.2, 0) is 29.7 Å². The molecule has 27 heavy (non-hydrogen) atoms. The summed E-state index contributed by atoms with van der Waals surface area (Å²) in [5.41, 5.74) is 0. The smallest absolute Gasteiger partial charge is 0.267 e. The van der Waals surface area contributed by atoms with Gasteiger partial charge in [0.05, 0.1) is 38.3 Å². The summed E-state index contributed by atoms with van der Waals surface area (Å²) in [6, 6.07) is 0. The lowest BCUT2D eigenvalue weighted by Crippen LogP contribution is -2.42. The molecular weight excluding hydrogens is 404 g/mol. The van der Waals surface area contributed by atoms with Crippen molar-refractivity contribution in [2.45, 2.75) is 12.5 Å². The van der Waals surface area contributed by atoms with Gasteiger partial charge in [-0.3, -0.25) is 18.9 Å². The summed E-state index contributed by atoms with van der Waals surface area (Å²) in [4.78, 5) is 4.04. The Labute approximate surface area is 160 Å². The molecule has 2 fully saturated rings. The summed E-state index contributed by atoms with van der Waals surface area (Å²) in [5, 5.41) is 9.32. The van der Waals surface area contributed by atoms with Crippen LogP contribution in [0, 0.1) is 0 Å². The van der Waals surface area contributed by atoms with E-state index in [0.29, 0.717) is 52.5 Å². The molecule has 2 saturated heterocycles. The van der Waals surface area contributed by atoms with Crippen LogP contribution in [0.2, 0.25) is 0 Å². The van der Waals surface area contributed by atoms with Gasteiger partial charge in [-0.2, -0.15) is 16.8 Å². The van der Waals surface area contributed by atoms with Crippen LogP contribution in [0.1, 0.15) is 6.42 Å². The summed E-state index contributed by atoms with van der Waals surface area (Å²) < 4.78 is 68.8. The van der Waals surface area contributed by atoms with Gasteiger partial charge in [-0.15, -0.1) is 0 Å². The topological polar surface area (TPSA) is 154 Å². The second-order valence-corrected chi connectivity index (χ2v) is 9.48. The quantitative estimate of drug-likeness (QED) is 0.369. The van der Waals surface area contributed by atoms with Gasteiger partial charge in [0.2, 0.25) is 0 Å². The van der Waals surface area contributed by atoms with E-state index in [2.05, 4.69) is 4.90 Å². The molecule has 2 aliphatic heterocycles. The van der Waals surface area contributed by atoms with Crippen molar-refractivity contribution in [2.24, 2.45) is 0 Å². The fraction of sp³-hybridized carbons (Fsp3) is 1.00. The molecule has 0 radical (unpaired) electrons. The van der Waals surface area contributed by atoms with E-state index in [1.165, 1.54) is 0 Å². The highest BCUT2D eigenvalue weighted by Crippen LogP contribution is 2.00. The Balaban J connectivity index is 0.000000271. The molecule has 0 aromatic heterocycles. The van der Waals surface area contributed by atoms with Crippen molar-refractivity contribution in [3.63, 3.8) is 0 Å². The monoisotopic (exact) mass is 434 g/mol. The SMILES string of the molecule is O=S(=O)(O)CC(O)CN1CCOCC1.O=S(=O)(O)CCCN1CCOCC1. The molecule has 2 aliphatic rings. The Bertz CT molecular complexity index is 600. The molecule has 1 unspecified atom stereocenters. The fourth-order valence-electron chi connectivity index (χ4n) is 2.67. The zero-order valence-corrected chi connectivity index (χ0v) is 16.9. The molecule has 0 aliphatic carbocycles. The standard InChI is InChI=1S/C7H15NO5S.C7H15NO4S/c9-7(6-14(10,11)12)5-8-1-3-13-4-2-8;9-13(10,11)7-1-2-8-3-5-12-6-4-8/h7,9H,1-6H2,(H,10,11,12);1-7H2,(H,9,10,11). The van der Waals surface area contributed by atoms with Crippen LogP contribution in [0.3, 0.4) is 0 Å². The first-order chi connectivity index (χ1) is 12.6. The lowest BCUT2D eigenvalue weighted by Gasteiger charge is -2.28. The van der Waals surface area contributed by atoms with E-state index >= 15 is 0 Å². The van der Waals surface area contributed by atoms with Crippen LogP contribution in [0.5, 0.6) is 0 Å². The highest BCUT2D eigenvalue weighted by Gasteiger charge is 2.19. The Morgan fingerprint density at radius 1 is 0.815 bits per heavy atom. The average Bonchev–Trinajstić information content (AvgIpc) is 2.54. The van der Waals surface area contributed by atoms with Crippen LogP contribution >= 0.6 is 0 Å². The summed E-state index contributed by atoms with van der Waals surface area (Å²) in [6.45, 7) is 6.66.